The Morgan fingerprint density at radius 1 is 0.463 bits per heavy atom. The highest BCUT2D eigenvalue weighted by Gasteiger charge is 2.22. The van der Waals surface area contributed by atoms with E-state index >= 15 is 0 Å². The van der Waals surface area contributed by atoms with Crippen LogP contribution in [0.5, 0.6) is 0 Å². The third-order valence-electron chi connectivity index (χ3n) is 10.9. The fourth-order valence-electron chi connectivity index (χ4n) is 8.55. The summed E-state index contributed by atoms with van der Waals surface area (Å²) in [5, 5.41) is 9.96. The number of fused-ring (bicyclic) bond motifs is 6. The normalized spacial score (nSPS) is 11.7. The Kier molecular flexibility index (Phi) is 7.72. The van der Waals surface area contributed by atoms with Gasteiger partial charge in [0.15, 0.2) is 0 Å². The lowest BCUT2D eigenvalue weighted by molar-refractivity contribution is 1.54. The number of hydrogen-bond acceptors (Lipinski definition) is 1. The number of allylic oxidation sites excluding steroid dienone is 1. The Morgan fingerprint density at radius 3 is 1.76 bits per heavy atom. The fraction of sp³-hybridized carbons (Fsp3) is 0.0189. The zero-order chi connectivity index (χ0) is 36.2. The van der Waals surface area contributed by atoms with Crippen molar-refractivity contribution in [1.29, 1.82) is 0 Å². The van der Waals surface area contributed by atoms with Gasteiger partial charge in [-0.2, -0.15) is 0 Å². The third-order valence-corrected chi connectivity index (χ3v) is 12.1. The van der Waals surface area contributed by atoms with Crippen molar-refractivity contribution in [3.05, 3.63) is 187 Å². The molecule has 9 aromatic carbocycles. The molecule has 0 aliphatic heterocycles. The molecule has 1 heteroatoms. The minimum Gasteiger partial charge on any atom is -0.135 e. The summed E-state index contributed by atoms with van der Waals surface area (Å²) in [5.41, 5.74) is 11.4. The molecule has 0 aliphatic rings. The first kappa shape index (κ1) is 32.0. The Labute approximate surface area is 319 Å². The van der Waals surface area contributed by atoms with Crippen molar-refractivity contribution in [2.75, 3.05) is 0 Å². The third kappa shape index (κ3) is 5.00. The van der Waals surface area contributed by atoms with Crippen molar-refractivity contribution in [3.8, 4) is 56.9 Å². The molecule has 54 heavy (non-hydrogen) atoms. The molecule has 0 saturated carbocycles. The van der Waals surface area contributed by atoms with Gasteiger partial charge in [0.05, 0.1) is 0 Å². The Bertz CT molecular complexity index is 3110. The summed E-state index contributed by atoms with van der Waals surface area (Å²) in [7, 11) is 0. The van der Waals surface area contributed by atoms with Crippen LogP contribution in [0, 0.1) is 12.3 Å². The van der Waals surface area contributed by atoms with Gasteiger partial charge in [-0.05, 0) is 102 Å². The van der Waals surface area contributed by atoms with E-state index < -0.39 is 0 Å². The smallest absolute Gasteiger partial charge is 0.0434 e. The summed E-state index contributed by atoms with van der Waals surface area (Å²) in [6, 6.07) is 61.9. The second kappa shape index (κ2) is 13.0. The van der Waals surface area contributed by atoms with Crippen LogP contribution in [0.4, 0.5) is 0 Å². The number of thiophene rings is 1. The first-order chi connectivity index (χ1) is 26.7. The number of hydrogen-bond donors (Lipinski definition) is 0. The predicted molar refractivity (Wildman–Crippen MR) is 236 cm³/mol. The summed E-state index contributed by atoms with van der Waals surface area (Å²) in [5.74, 6) is 3.17. The highest BCUT2D eigenvalue weighted by Crippen LogP contribution is 2.49. The summed E-state index contributed by atoms with van der Waals surface area (Å²) in [6.07, 6.45) is 10.8. The van der Waals surface area contributed by atoms with E-state index in [9.17, 15) is 0 Å². The van der Waals surface area contributed by atoms with Crippen LogP contribution in [-0.2, 0) is 0 Å². The van der Waals surface area contributed by atoms with Crippen LogP contribution >= 0.6 is 11.3 Å². The van der Waals surface area contributed by atoms with Crippen LogP contribution in [0.3, 0.4) is 0 Å². The van der Waals surface area contributed by atoms with Gasteiger partial charge in [0.2, 0.25) is 0 Å². The lowest BCUT2D eigenvalue weighted by Gasteiger charge is -2.20. The quantitative estimate of drug-likeness (QED) is 0.124. The molecule has 0 amide bonds. The van der Waals surface area contributed by atoms with Crippen molar-refractivity contribution in [2.24, 2.45) is 0 Å². The molecule has 10 rings (SSSR count). The van der Waals surface area contributed by atoms with E-state index in [4.69, 9.17) is 6.42 Å². The van der Waals surface area contributed by atoms with Crippen molar-refractivity contribution < 1.29 is 0 Å². The molecule has 0 radical (unpaired) electrons. The van der Waals surface area contributed by atoms with Crippen LogP contribution in [0.15, 0.2) is 176 Å². The van der Waals surface area contributed by atoms with Gasteiger partial charge in [-0.3, -0.25) is 0 Å². The second-order valence-corrected chi connectivity index (χ2v) is 14.9. The highest BCUT2D eigenvalue weighted by molar-refractivity contribution is 7.26. The van der Waals surface area contributed by atoms with Crippen molar-refractivity contribution in [2.45, 2.75) is 6.92 Å². The van der Waals surface area contributed by atoms with Gasteiger partial charge >= 0.3 is 0 Å². The largest absolute Gasteiger partial charge is 0.135 e. The summed E-state index contributed by atoms with van der Waals surface area (Å²) >= 11 is 1.85. The summed E-state index contributed by atoms with van der Waals surface area (Å²) < 4.78 is 2.51. The van der Waals surface area contributed by atoms with Gasteiger partial charge in [0.1, 0.15) is 0 Å². The molecule has 10 aromatic rings. The number of benzene rings is 9. The van der Waals surface area contributed by atoms with Crippen LogP contribution < -0.4 is 0 Å². The predicted octanol–water partition coefficient (Wildman–Crippen LogP) is 15.2. The van der Waals surface area contributed by atoms with E-state index in [0.29, 0.717) is 0 Å². The molecule has 0 unspecified atom stereocenters. The van der Waals surface area contributed by atoms with Crippen LogP contribution in [0.2, 0.25) is 0 Å². The van der Waals surface area contributed by atoms with E-state index in [0.717, 1.165) is 33.4 Å². The minimum absolute atomic E-state index is 0.909. The highest BCUT2D eigenvalue weighted by atomic mass is 32.1. The zero-order valence-electron chi connectivity index (χ0n) is 29.8. The molecule has 0 aliphatic carbocycles. The van der Waals surface area contributed by atoms with Crippen molar-refractivity contribution >= 4 is 69.9 Å². The first-order valence-corrected chi connectivity index (χ1v) is 19.2. The Hall–Kier alpha value is -6.72. The maximum Gasteiger partial charge on any atom is 0.0434 e. The van der Waals surface area contributed by atoms with E-state index in [2.05, 4.69) is 195 Å². The van der Waals surface area contributed by atoms with Crippen LogP contribution in [0.1, 0.15) is 18.1 Å². The van der Waals surface area contributed by atoms with Crippen LogP contribution in [0.25, 0.3) is 103 Å². The maximum absolute atomic E-state index is 6.51. The molecule has 1 heterocycles. The van der Waals surface area contributed by atoms with Crippen molar-refractivity contribution in [3.63, 3.8) is 0 Å². The first-order valence-electron chi connectivity index (χ1n) is 18.4. The molecule has 0 bridgehead atoms. The van der Waals surface area contributed by atoms with Gasteiger partial charge in [-0.15, -0.1) is 17.8 Å². The van der Waals surface area contributed by atoms with Gasteiger partial charge in [0, 0.05) is 31.3 Å². The molecule has 0 spiro atoms. The van der Waals surface area contributed by atoms with Crippen molar-refractivity contribution in [1.82, 2.24) is 0 Å². The molecule has 0 saturated heterocycles. The average Bonchev–Trinajstić information content (AvgIpc) is 3.61. The molecule has 0 nitrogen and oxygen atoms in total. The lowest BCUT2D eigenvalue weighted by Crippen LogP contribution is -1.95. The number of terminal acetylenes is 1. The zero-order valence-corrected chi connectivity index (χ0v) is 30.6. The number of rotatable bonds is 5. The van der Waals surface area contributed by atoms with E-state index in [1.54, 1.807) is 0 Å². The van der Waals surface area contributed by atoms with E-state index in [-0.39, 0.29) is 0 Å². The van der Waals surface area contributed by atoms with Gasteiger partial charge in [-0.1, -0.05) is 170 Å². The van der Waals surface area contributed by atoms with Gasteiger partial charge in [-0.25, -0.2) is 0 Å². The van der Waals surface area contributed by atoms with Gasteiger partial charge < -0.3 is 0 Å². The van der Waals surface area contributed by atoms with E-state index in [1.807, 2.05) is 11.3 Å². The Balaban J connectivity index is 1.33. The molecule has 0 N–H and O–H groups in total. The molecular formula is C53H34S. The standard InChI is InChI=1S/C53H34S/c1-3-17-40-37(4-2)41(31-30-39(40)34-18-6-5-7-19-34)48-32-36(33-49-42-23-14-15-29-50(42)54-53(48)49)51-44-24-10-12-26-46(44)52(47-27-13-11-25-45(47)51)43-28-16-21-35-20-8-9-22-38(35)43/h2-3,5-33H,1H3/b17-3-. The topological polar surface area (TPSA) is 0 Å². The molecule has 1 aromatic heterocycles. The Morgan fingerprint density at radius 2 is 1.06 bits per heavy atom. The van der Waals surface area contributed by atoms with E-state index in [1.165, 1.54) is 74.7 Å². The molecule has 0 atom stereocenters. The fourth-order valence-corrected chi connectivity index (χ4v) is 9.77. The lowest BCUT2D eigenvalue weighted by atomic mass is 9.83. The maximum atomic E-state index is 6.51. The second-order valence-electron chi connectivity index (χ2n) is 13.8. The SMILES string of the molecule is C#Cc1c(-c2cc(-c3c4ccccc4c(-c4cccc5ccccc45)c4ccccc34)cc3c2sc2ccccc23)ccc(-c2ccccc2)c1/C=C\C. The van der Waals surface area contributed by atoms with Gasteiger partial charge in [0.25, 0.3) is 0 Å². The molecule has 0 fully saturated rings. The molecule has 252 valence electrons. The molecular weight excluding hydrogens is 669 g/mol. The monoisotopic (exact) mass is 702 g/mol. The average molecular weight is 703 g/mol. The minimum atomic E-state index is 0.909. The van der Waals surface area contributed by atoms with Crippen LogP contribution in [-0.4, -0.2) is 0 Å². The summed E-state index contributed by atoms with van der Waals surface area (Å²) in [6.45, 7) is 2.06. The summed E-state index contributed by atoms with van der Waals surface area (Å²) in [4.78, 5) is 0.